The van der Waals surface area contributed by atoms with Gasteiger partial charge in [-0.2, -0.15) is 5.10 Å². The van der Waals surface area contributed by atoms with E-state index in [4.69, 9.17) is 10.2 Å². The molecule has 0 aliphatic heterocycles. The number of hydrogen-bond acceptors (Lipinski definition) is 3. The Bertz CT molecular complexity index is 584. The van der Waals surface area contributed by atoms with Crippen LogP contribution in [0.3, 0.4) is 0 Å². The molecule has 0 fully saturated rings. The molecule has 2 rings (SSSR count). The van der Waals surface area contributed by atoms with E-state index in [2.05, 4.69) is 10.2 Å². The van der Waals surface area contributed by atoms with Crippen molar-refractivity contribution < 1.29 is 15.0 Å². The van der Waals surface area contributed by atoms with Crippen LogP contribution in [0.25, 0.3) is 17.0 Å². The number of rotatable bonds is 2. The summed E-state index contributed by atoms with van der Waals surface area (Å²) in [5, 5.41) is 25.3. The fourth-order valence-electron chi connectivity index (χ4n) is 1.57. The number of aliphatic hydroxyl groups excluding tert-OH is 1. The second kappa shape index (κ2) is 3.69. The topological polar surface area (TPSA) is 86.2 Å². The lowest BCUT2D eigenvalue weighted by atomic mass is 10.1. The van der Waals surface area contributed by atoms with Crippen LogP contribution in [0.4, 0.5) is 0 Å². The Morgan fingerprint density at radius 1 is 1.44 bits per heavy atom. The van der Waals surface area contributed by atoms with Crippen LogP contribution >= 0.6 is 0 Å². The van der Waals surface area contributed by atoms with E-state index in [-0.39, 0.29) is 0 Å². The summed E-state index contributed by atoms with van der Waals surface area (Å²) in [5.74, 6) is -2.02. The molecule has 5 heteroatoms. The predicted molar refractivity (Wildman–Crippen MR) is 59.1 cm³/mol. The van der Waals surface area contributed by atoms with Crippen molar-refractivity contribution in [3.63, 3.8) is 0 Å². The van der Waals surface area contributed by atoms with E-state index in [1.54, 1.807) is 18.3 Å². The van der Waals surface area contributed by atoms with Crippen LogP contribution in [0.15, 0.2) is 24.1 Å². The summed E-state index contributed by atoms with van der Waals surface area (Å²) in [4.78, 5) is 10.5. The van der Waals surface area contributed by atoms with Gasteiger partial charge in [0.1, 0.15) is 0 Å². The van der Waals surface area contributed by atoms with Gasteiger partial charge in [0, 0.05) is 5.39 Å². The summed E-state index contributed by atoms with van der Waals surface area (Å²) in [5.41, 5.74) is 2.48. The zero-order valence-electron chi connectivity index (χ0n) is 8.56. The number of hydrogen-bond donors (Lipinski definition) is 3. The Labute approximate surface area is 91.0 Å². The van der Waals surface area contributed by atoms with E-state index in [1.807, 2.05) is 6.92 Å². The van der Waals surface area contributed by atoms with Gasteiger partial charge in [-0.1, -0.05) is 0 Å². The van der Waals surface area contributed by atoms with Crippen molar-refractivity contribution in [3.05, 3.63) is 35.2 Å². The SMILES string of the molecule is Cc1cc(/C=C(\O)C(=O)O)cc2cn[nH]c12. The molecule has 0 saturated carbocycles. The third kappa shape index (κ3) is 1.75. The first kappa shape index (κ1) is 10.2. The molecule has 1 heterocycles. The number of aromatic amines is 1. The van der Waals surface area contributed by atoms with Crippen molar-refractivity contribution in [1.29, 1.82) is 0 Å². The van der Waals surface area contributed by atoms with Crippen LogP contribution in [0, 0.1) is 6.92 Å². The minimum atomic E-state index is -1.34. The quantitative estimate of drug-likeness (QED) is 0.530. The maximum Gasteiger partial charge on any atom is 0.370 e. The summed E-state index contributed by atoms with van der Waals surface area (Å²) in [6, 6.07) is 3.53. The number of aliphatic hydroxyl groups is 1. The second-order valence-electron chi connectivity index (χ2n) is 3.51. The molecule has 2 aromatic rings. The Kier molecular flexibility index (Phi) is 2.36. The third-order valence-electron chi connectivity index (χ3n) is 2.29. The van der Waals surface area contributed by atoms with E-state index in [9.17, 15) is 4.79 Å². The van der Waals surface area contributed by atoms with Crippen LogP contribution in [-0.2, 0) is 4.79 Å². The lowest BCUT2D eigenvalue weighted by molar-refractivity contribution is -0.135. The van der Waals surface area contributed by atoms with Gasteiger partial charge in [0.05, 0.1) is 11.7 Å². The molecule has 0 aliphatic carbocycles. The zero-order valence-corrected chi connectivity index (χ0v) is 8.56. The van der Waals surface area contributed by atoms with Crippen molar-refractivity contribution in [2.75, 3.05) is 0 Å². The van der Waals surface area contributed by atoms with Crippen LogP contribution < -0.4 is 0 Å². The molecule has 0 radical (unpaired) electrons. The minimum absolute atomic E-state index is 0.631. The Hall–Kier alpha value is -2.30. The molecule has 16 heavy (non-hydrogen) atoms. The fraction of sp³-hybridized carbons (Fsp3) is 0.0909. The highest BCUT2D eigenvalue weighted by Gasteiger charge is 2.06. The molecule has 0 spiro atoms. The van der Waals surface area contributed by atoms with Crippen molar-refractivity contribution >= 4 is 22.9 Å². The number of aliphatic carboxylic acids is 1. The van der Waals surface area contributed by atoms with Crippen LogP contribution in [0.1, 0.15) is 11.1 Å². The second-order valence-corrected chi connectivity index (χ2v) is 3.51. The van der Waals surface area contributed by atoms with Crippen molar-refractivity contribution in [3.8, 4) is 0 Å². The van der Waals surface area contributed by atoms with Crippen molar-refractivity contribution in [2.45, 2.75) is 6.92 Å². The zero-order chi connectivity index (χ0) is 11.7. The number of fused-ring (bicyclic) bond motifs is 1. The largest absolute Gasteiger partial charge is 0.502 e. The predicted octanol–water partition coefficient (Wildman–Crippen LogP) is 1.85. The molecule has 0 bridgehead atoms. The van der Waals surface area contributed by atoms with Crippen molar-refractivity contribution in [1.82, 2.24) is 10.2 Å². The first-order chi connectivity index (χ1) is 7.58. The number of carbonyl (C=O) groups is 1. The van der Waals surface area contributed by atoms with Crippen LogP contribution in [0.2, 0.25) is 0 Å². The number of nitrogens with zero attached hydrogens (tertiary/aromatic N) is 1. The monoisotopic (exact) mass is 218 g/mol. The fourth-order valence-corrected chi connectivity index (χ4v) is 1.57. The van der Waals surface area contributed by atoms with E-state index < -0.39 is 11.7 Å². The number of carboxylic acid groups (broad SMARTS) is 1. The van der Waals surface area contributed by atoms with E-state index in [0.29, 0.717) is 5.56 Å². The number of aromatic nitrogens is 2. The molecule has 1 aromatic heterocycles. The van der Waals surface area contributed by atoms with Gasteiger partial charge in [-0.3, -0.25) is 5.10 Å². The molecular formula is C11H10N2O3. The first-order valence-corrected chi connectivity index (χ1v) is 4.65. The average molecular weight is 218 g/mol. The molecule has 0 atom stereocenters. The van der Waals surface area contributed by atoms with Crippen LogP contribution in [-0.4, -0.2) is 26.4 Å². The van der Waals surface area contributed by atoms with Gasteiger partial charge >= 0.3 is 5.97 Å². The standard InChI is InChI=1S/C11H10N2O3/c1-6-2-7(4-9(14)11(15)16)3-8-5-12-13-10(6)8/h2-5,14H,1H3,(H,12,13)(H,15,16)/b9-4-. The minimum Gasteiger partial charge on any atom is -0.502 e. The summed E-state index contributed by atoms with van der Waals surface area (Å²) >= 11 is 0. The van der Waals surface area contributed by atoms with Gasteiger partial charge in [0.25, 0.3) is 0 Å². The molecule has 3 N–H and O–H groups in total. The lowest BCUT2D eigenvalue weighted by Gasteiger charge is -1.99. The Morgan fingerprint density at radius 2 is 2.19 bits per heavy atom. The highest BCUT2D eigenvalue weighted by molar-refractivity contribution is 5.91. The number of aryl methyl sites for hydroxylation is 1. The van der Waals surface area contributed by atoms with Gasteiger partial charge in [-0.25, -0.2) is 4.79 Å². The van der Waals surface area contributed by atoms with Gasteiger partial charge in [0.2, 0.25) is 5.76 Å². The first-order valence-electron chi connectivity index (χ1n) is 4.65. The molecule has 5 nitrogen and oxygen atoms in total. The van der Waals surface area contributed by atoms with Gasteiger partial charge in [0.15, 0.2) is 0 Å². The number of benzene rings is 1. The molecule has 0 aliphatic rings. The summed E-state index contributed by atoms with van der Waals surface area (Å²) in [6.07, 6.45) is 2.86. The molecule has 0 saturated heterocycles. The average Bonchev–Trinajstić information content (AvgIpc) is 2.65. The lowest BCUT2D eigenvalue weighted by Crippen LogP contribution is -1.98. The number of carboxylic acids is 1. The highest BCUT2D eigenvalue weighted by Crippen LogP contribution is 2.19. The summed E-state index contributed by atoms with van der Waals surface area (Å²) < 4.78 is 0. The summed E-state index contributed by atoms with van der Waals surface area (Å²) in [7, 11) is 0. The van der Waals surface area contributed by atoms with Crippen molar-refractivity contribution in [2.24, 2.45) is 0 Å². The number of nitrogens with one attached hydrogen (secondary N) is 1. The van der Waals surface area contributed by atoms with Crippen LogP contribution in [0.5, 0.6) is 0 Å². The van der Waals surface area contributed by atoms with E-state index >= 15 is 0 Å². The Morgan fingerprint density at radius 3 is 2.88 bits per heavy atom. The molecule has 0 amide bonds. The van der Waals surface area contributed by atoms with Gasteiger partial charge in [-0.05, 0) is 36.3 Å². The van der Waals surface area contributed by atoms with E-state index in [1.165, 1.54) is 6.08 Å². The maximum atomic E-state index is 10.5. The molecule has 82 valence electrons. The summed E-state index contributed by atoms with van der Waals surface area (Å²) in [6.45, 7) is 1.88. The molecular weight excluding hydrogens is 208 g/mol. The van der Waals surface area contributed by atoms with Gasteiger partial charge < -0.3 is 10.2 Å². The Balaban J connectivity index is 2.54. The normalized spacial score (nSPS) is 11.9. The van der Waals surface area contributed by atoms with Gasteiger partial charge in [-0.15, -0.1) is 0 Å². The highest BCUT2D eigenvalue weighted by atomic mass is 16.4. The number of H-pyrrole nitrogens is 1. The third-order valence-corrected chi connectivity index (χ3v) is 2.29. The molecule has 1 aromatic carbocycles. The van der Waals surface area contributed by atoms with E-state index in [0.717, 1.165) is 16.5 Å². The smallest absolute Gasteiger partial charge is 0.370 e. The maximum absolute atomic E-state index is 10.5. The molecule has 0 unspecified atom stereocenters.